The summed E-state index contributed by atoms with van der Waals surface area (Å²) in [6, 6.07) is 23.0. The second-order valence-electron chi connectivity index (χ2n) is 9.37. The maximum atomic E-state index is 14.0. The van der Waals surface area contributed by atoms with Gasteiger partial charge < -0.3 is 0 Å². The maximum Gasteiger partial charge on any atom is 0.252 e. The first-order chi connectivity index (χ1) is 18.4. The van der Waals surface area contributed by atoms with Gasteiger partial charge >= 0.3 is 0 Å². The number of fused-ring (bicyclic) bond motifs is 1. The molecule has 0 spiro atoms. The van der Waals surface area contributed by atoms with Gasteiger partial charge in [0.15, 0.2) is 0 Å². The third-order valence-corrected chi connectivity index (χ3v) is 9.46. The lowest BCUT2D eigenvalue weighted by molar-refractivity contribution is -0.122. The van der Waals surface area contributed by atoms with Crippen LogP contribution in [-0.2, 0) is 36.2 Å². The van der Waals surface area contributed by atoms with E-state index < -0.39 is 37.9 Å². The molecular formula is C28H25N3O6S2. The highest BCUT2D eigenvalue weighted by Crippen LogP contribution is 2.32. The number of hydrogen-bond donors (Lipinski definition) is 1. The monoisotopic (exact) mass is 563 g/mol. The number of anilines is 1. The Bertz CT molecular complexity index is 1800. The van der Waals surface area contributed by atoms with Crippen molar-refractivity contribution in [3.8, 4) is 0 Å². The number of benzene rings is 4. The van der Waals surface area contributed by atoms with E-state index in [2.05, 4.69) is 0 Å². The summed E-state index contributed by atoms with van der Waals surface area (Å²) in [4.78, 5) is 27.4. The highest BCUT2D eigenvalue weighted by atomic mass is 32.2. The van der Waals surface area contributed by atoms with Gasteiger partial charge in [-0.25, -0.2) is 26.9 Å². The van der Waals surface area contributed by atoms with Gasteiger partial charge in [-0.05, 0) is 59.7 Å². The zero-order valence-electron chi connectivity index (χ0n) is 20.9. The molecule has 1 aliphatic heterocycles. The molecule has 1 atom stereocenters. The van der Waals surface area contributed by atoms with Crippen LogP contribution < -0.4 is 10.0 Å². The molecule has 0 saturated carbocycles. The highest BCUT2D eigenvalue weighted by Gasteiger charge is 2.47. The molecule has 2 amide bonds. The quantitative estimate of drug-likeness (QED) is 0.343. The minimum atomic E-state index is -4.23. The first kappa shape index (κ1) is 26.7. The Morgan fingerprint density at radius 2 is 1.44 bits per heavy atom. The van der Waals surface area contributed by atoms with Crippen molar-refractivity contribution in [3.63, 3.8) is 0 Å². The predicted octanol–water partition coefficient (Wildman–Crippen LogP) is 3.32. The average Bonchev–Trinajstić information content (AvgIpc) is 3.20. The molecule has 0 radical (unpaired) electrons. The first-order valence-corrected chi connectivity index (χ1v) is 15.0. The van der Waals surface area contributed by atoms with Gasteiger partial charge in [-0.3, -0.25) is 9.59 Å². The SMILES string of the molecule is Cc1ccc(CN(C2CC(=O)N(c3ccc(S(N)(=O)=O)cc3)C2=O)S(=O)(=O)c2ccc3ccccc3c2)cc1. The number of primary sulfonamides is 1. The largest absolute Gasteiger partial charge is 0.274 e. The summed E-state index contributed by atoms with van der Waals surface area (Å²) in [7, 11) is -8.21. The Kier molecular flexibility index (Phi) is 6.85. The van der Waals surface area contributed by atoms with Gasteiger partial charge in [-0.15, -0.1) is 0 Å². The van der Waals surface area contributed by atoms with Gasteiger partial charge in [0, 0.05) is 6.54 Å². The number of imide groups is 1. The fraction of sp³-hybridized carbons (Fsp3) is 0.143. The molecule has 9 nitrogen and oxygen atoms in total. The van der Waals surface area contributed by atoms with Crippen LogP contribution in [0.3, 0.4) is 0 Å². The smallest absolute Gasteiger partial charge is 0.252 e. The van der Waals surface area contributed by atoms with Crippen molar-refractivity contribution in [2.75, 3.05) is 4.90 Å². The van der Waals surface area contributed by atoms with E-state index in [4.69, 9.17) is 5.14 Å². The number of carbonyl (C=O) groups is 2. The maximum absolute atomic E-state index is 14.0. The fourth-order valence-electron chi connectivity index (χ4n) is 4.60. The Morgan fingerprint density at radius 3 is 2.08 bits per heavy atom. The van der Waals surface area contributed by atoms with Crippen LogP contribution in [0.2, 0.25) is 0 Å². The molecule has 1 unspecified atom stereocenters. The molecule has 1 fully saturated rings. The molecular weight excluding hydrogens is 538 g/mol. The van der Waals surface area contributed by atoms with Gasteiger partial charge in [-0.2, -0.15) is 4.31 Å². The van der Waals surface area contributed by atoms with Crippen molar-refractivity contribution >= 4 is 48.3 Å². The predicted molar refractivity (Wildman–Crippen MR) is 147 cm³/mol. The standard InChI is InChI=1S/C28H25N3O6S2/c1-19-6-8-20(9-7-19)18-30(39(36,37)25-13-10-21-4-2-3-5-22(21)16-25)26-17-27(32)31(28(26)33)23-11-14-24(15-12-23)38(29,34)35/h2-16,26H,17-18H2,1H3,(H2,29,34,35). The van der Waals surface area contributed by atoms with E-state index in [1.165, 1.54) is 30.3 Å². The Morgan fingerprint density at radius 1 is 0.821 bits per heavy atom. The number of carbonyl (C=O) groups excluding carboxylic acids is 2. The van der Waals surface area contributed by atoms with Crippen molar-refractivity contribution in [1.82, 2.24) is 4.31 Å². The fourth-order valence-corrected chi connectivity index (χ4v) is 6.72. The van der Waals surface area contributed by atoms with Crippen LogP contribution in [0.1, 0.15) is 17.5 Å². The van der Waals surface area contributed by atoms with E-state index in [1.807, 2.05) is 31.2 Å². The Hall–Kier alpha value is -3.90. The van der Waals surface area contributed by atoms with Gasteiger partial charge in [-0.1, -0.05) is 60.2 Å². The van der Waals surface area contributed by atoms with Crippen LogP contribution in [-0.4, -0.2) is 39.0 Å². The van der Waals surface area contributed by atoms with Crippen LogP contribution >= 0.6 is 0 Å². The third kappa shape index (κ3) is 5.21. The lowest BCUT2D eigenvalue weighted by Crippen LogP contribution is -2.45. The van der Waals surface area contributed by atoms with E-state index in [0.29, 0.717) is 5.56 Å². The first-order valence-electron chi connectivity index (χ1n) is 12.0. The molecule has 0 bridgehead atoms. The van der Waals surface area contributed by atoms with Crippen LogP contribution in [0.15, 0.2) is 101 Å². The zero-order chi connectivity index (χ0) is 27.9. The topological polar surface area (TPSA) is 135 Å². The minimum Gasteiger partial charge on any atom is -0.274 e. The highest BCUT2D eigenvalue weighted by molar-refractivity contribution is 7.89. The van der Waals surface area contributed by atoms with E-state index in [-0.39, 0.29) is 28.4 Å². The summed E-state index contributed by atoms with van der Waals surface area (Å²) < 4.78 is 52.4. The molecule has 1 saturated heterocycles. The summed E-state index contributed by atoms with van der Waals surface area (Å²) >= 11 is 0. The molecule has 0 aliphatic carbocycles. The number of nitrogens with two attached hydrogens (primary N) is 1. The molecule has 4 aromatic carbocycles. The molecule has 4 aromatic rings. The zero-order valence-corrected chi connectivity index (χ0v) is 22.5. The van der Waals surface area contributed by atoms with Crippen molar-refractivity contribution in [2.24, 2.45) is 5.14 Å². The van der Waals surface area contributed by atoms with Crippen molar-refractivity contribution in [3.05, 3.63) is 102 Å². The summed E-state index contributed by atoms with van der Waals surface area (Å²) in [5.74, 6) is -1.32. The second-order valence-corrected chi connectivity index (χ2v) is 12.8. The van der Waals surface area contributed by atoms with Crippen LogP contribution in [0.4, 0.5) is 5.69 Å². The molecule has 1 heterocycles. The van der Waals surface area contributed by atoms with Gasteiger partial charge in [0.2, 0.25) is 26.0 Å². The lowest BCUT2D eigenvalue weighted by Gasteiger charge is -2.27. The van der Waals surface area contributed by atoms with E-state index >= 15 is 0 Å². The van der Waals surface area contributed by atoms with Crippen molar-refractivity contribution < 1.29 is 26.4 Å². The normalized spacial score (nSPS) is 16.4. The molecule has 5 rings (SSSR count). The number of aryl methyl sites for hydroxylation is 1. The van der Waals surface area contributed by atoms with E-state index in [0.717, 1.165) is 25.5 Å². The number of sulfonamides is 2. The van der Waals surface area contributed by atoms with Gasteiger partial charge in [0.25, 0.3) is 5.91 Å². The molecule has 0 aromatic heterocycles. The van der Waals surface area contributed by atoms with Gasteiger partial charge in [0.1, 0.15) is 6.04 Å². The van der Waals surface area contributed by atoms with Gasteiger partial charge in [0.05, 0.1) is 21.9 Å². The van der Waals surface area contributed by atoms with E-state index in [1.54, 1.807) is 36.4 Å². The Labute approximate surface area is 226 Å². The van der Waals surface area contributed by atoms with Crippen LogP contribution in [0.25, 0.3) is 10.8 Å². The second kappa shape index (κ2) is 10.0. The molecule has 200 valence electrons. The van der Waals surface area contributed by atoms with Crippen LogP contribution in [0, 0.1) is 6.92 Å². The number of hydrogen-bond acceptors (Lipinski definition) is 6. The molecule has 1 aliphatic rings. The lowest BCUT2D eigenvalue weighted by atomic mass is 10.1. The molecule has 11 heteroatoms. The Balaban J connectivity index is 1.55. The van der Waals surface area contributed by atoms with Crippen molar-refractivity contribution in [2.45, 2.75) is 35.7 Å². The number of nitrogens with zero attached hydrogens (tertiary/aromatic N) is 2. The summed E-state index contributed by atoms with van der Waals surface area (Å²) in [5.41, 5.74) is 1.77. The summed E-state index contributed by atoms with van der Waals surface area (Å²) in [6.07, 6.45) is -0.367. The van der Waals surface area contributed by atoms with Crippen LogP contribution in [0.5, 0.6) is 0 Å². The minimum absolute atomic E-state index is 0.00418. The number of amides is 2. The summed E-state index contributed by atoms with van der Waals surface area (Å²) in [5, 5.41) is 6.73. The average molecular weight is 564 g/mol. The third-order valence-electron chi connectivity index (χ3n) is 6.68. The number of rotatable bonds is 7. The van der Waals surface area contributed by atoms with Crippen molar-refractivity contribution in [1.29, 1.82) is 0 Å². The summed E-state index contributed by atoms with van der Waals surface area (Å²) in [6.45, 7) is 1.78. The molecule has 39 heavy (non-hydrogen) atoms. The van der Waals surface area contributed by atoms with E-state index in [9.17, 15) is 26.4 Å². The molecule has 2 N–H and O–H groups in total.